The van der Waals surface area contributed by atoms with Crippen LogP contribution in [0.2, 0.25) is 0 Å². The first kappa shape index (κ1) is 12.0. The van der Waals surface area contributed by atoms with Gasteiger partial charge in [0.15, 0.2) is 11.6 Å². The molecule has 2 heterocycles. The standard InChI is InChI=1S/C9H13FN4O3/c10-4-2-14(9(16)13-8(4)12)7-1-5(11)6(3-15)17-7/h2,5-7,15H,1,3,11H2,(H2,12,13,16)/t5-,6-,7-/m1/s1. The van der Waals surface area contributed by atoms with Crippen LogP contribution in [0.15, 0.2) is 11.0 Å². The van der Waals surface area contributed by atoms with E-state index in [1.807, 2.05) is 0 Å². The first-order chi connectivity index (χ1) is 8.02. The number of rotatable bonds is 2. The summed E-state index contributed by atoms with van der Waals surface area (Å²) < 4.78 is 19.5. The summed E-state index contributed by atoms with van der Waals surface area (Å²) in [5, 5.41) is 8.97. The van der Waals surface area contributed by atoms with E-state index in [4.69, 9.17) is 21.3 Å². The molecule has 2 rings (SSSR count). The van der Waals surface area contributed by atoms with Gasteiger partial charge in [-0.3, -0.25) is 4.57 Å². The number of aromatic nitrogens is 2. The average molecular weight is 244 g/mol. The summed E-state index contributed by atoms with van der Waals surface area (Å²) in [5.74, 6) is -1.25. The first-order valence-corrected chi connectivity index (χ1v) is 5.09. The molecule has 0 unspecified atom stereocenters. The Morgan fingerprint density at radius 3 is 3.00 bits per heavy atom. The highest BCUT2D eigenvalue weighted by atomic mass is 19.1. The van der Waals surface area contributed by atoms with Gasteiger partial charge in [0.1, 0.15) is 6.23 Å². The van der Waals surface area contributed by atoms with Gasteiger partial charge < -0.3 is 21.3 Å². The molecule has 1 aromatic rings. The molecule has 0 spiro atoms. The van der Waals surface area contributed by atoms with Gasteiger partial charge in [0, 0.05) is 12.5 Å². The van der Waals surface area contributed by atoms with Gasteiger partial charge in [-0.15, -0.1) is 0 Å². The maximum atomic E-state index is 13.2. The third-order valence-corrected chi connectivity index (χ3v) is 2.71. The van der Waals surface area contributed by atoms with E-state index in [0.29, 0.717) is 6.42 Å². The largest absolute Gasteiger partial charge is 0.394 e. The Balaban J connectivity index is 2.30. The number of hydrogen-bond donors (Lipinski definition) is 3. The Labute approximate surface area is 95.8 Å². The van der Waals surface area contributed by atoms with Crippen LogP contribution < -0.4 is 17.2 Å². The zero-order chi connectivity index (χ0) is 12.6. The second-order valence-electron chi connectivity index (χ2n) is 3.88. The van der Waals surface area contributed by atoms with Crippen molar-refractivity contribution in [3.8, 4) is 0 Å². The predicted molar refractivity (Wildman–Crippen MR) is 56.5 cm³/mol. The van der Waals surface area contributed by atoms with Crippen molar-refractivity contribution in [2.45, 2.75) is 24.8 Å². The van der Waals surface area contributed by atoms with E-state index in [0.717, 1.165) is 10.8 Å². The Morgan fingerprint density at radius 1 is 1.71 bits per heavy atom. The molecule has 0 radical (unpaired) electrons. The number of aliphatic hydroxyl groups excluding tert-OH is 1. The van der Waals surface area contributed by atoms with Crippen LogP contribution in [-0.2, 0) is 4.74 Å². The van der Waals surface area contributed by atoms with Crippen LogP contribution in [0.25, 0.3) is 0 Å². The van der Waals surface area contributed by atoms with E-state index in [-0.39, 0.29) is 6.61 Å². The fraction of sp³-hybridized carbons (Fsp3) is 0.556. The lowest BCUT2D eigenvalue weighted by Gasteiger charge is -2.14. The SMILES string of the molecule is Nc1nc(=O)n([C@H]2C[C@@H](N)[C@@H](CO)O2)cc1F. The van der Waals surface area contributed by atoms with Crippen molar-refractivity contribution in [1.82, 2.24) is 9.55 Å². The minimum atomic E-state index is -0.797. The molecule has 7 nitrogen and oxygen atoms in total. The molecule has 0 amide bonds. The van der Waals surface area contributed by atoms with Crippen molar-refractivity contribution in [1.29, 1.82) is 0 Å². The molecule has 1 aromatic heterocycles. The molecule has 1 fully saturated rings. The molecule has 0 bridgehead atoms. The van der Waals surface area contributed by atoms with E-state index in [2.05, 4.69) is 4.98 Å². The van der Waals surface area contributed by atoms with Crippen LogP contribution in [-0.4, -0.2) is 33.4 Å². The molecule has 0 saturated carbocycles. The average Bonchev–Trinajstić information content (AvgIpc) is 2.65. The second-order valence-corrected chi connectivity index (χ2v) is 3.88. The van der Waals surface area contributed by atoms with Crippen LogP contribution in [0, 0.1) is 5.82 Å². The molecule has 17 heavy (non-hydrogen) atoms. The van der Waals surface area contributed by atoms with Crippen molar-refractivity contribution in [2.24, 2.45) is 5.73 Å². The van der Waals surface area contributed by atoms with E-state index in [9.17, 15) is 9.18 Å². The van der Waals surface area contributed by atoms with Crippen LogP contribution in [0.5, 0.6) is 0 Å². The number of hydrogen-bond acceptors (Lipinski definition) is 6. The van der Waals surface area contributed by atoms with Crippen molar-refractivity contribution in [2.75, 3.05) is 12.3 Å². The molecule has 1 aliphatic heterocycles. The monoisotopic (exact) mass is 244 g/mol. The molecule has 8 heteroatoms. The van der Waals surface area contributed by atoms with Gasteiger partial charge in [-0.05, 0) is 0 Å². The summed E-state index contributed by atoms with van der Waals surface area (Å²) in [7, 11) is 0. The predicted octanol–water partition coefficient (Wildman–Crippen LogP) is -1.43. The van der Waals surface area contributed by atoms with Gasteiger partial charge in [0.2, 0.25) is 0 Å². The summed E-state index contributed by atoms with van der Waals surface area (Å²) in [6.45, 7) is -0.253. The Kier molecular flexibility index (Phi) is 3.09. The fourth-order valence-electron chi connectivity index (χ4n) is 1.76. The number of aliphatic hydroxyl groups is 1. The highest BCUT2D eigenvalue weighted by molar-refractivity contribution is 5.26. The van der Waals surface area contributed by atoms with Crippen LogP contribution in [0.3, 0.4) is 0 Å². The van der Waals surface area contributed by atoms with Crippen LogP contribution in [0.1, 0.15) is 12.6 Å². The van der Waals surface area contributed by atoms with Gasteiger partial charge >= 0.3 is 5.69 Å². The minimum Gasteiger partial charge on any atom is -0.394 e. The fourth-order valence-corrected chi connectivity index (χ4v) is 1.76. The maximum Gasteiger partial charge on any atom is 0.351 e. The Morgan fingerprint density at radius 2 is 2.41 bits per heavy atom. The number of anilines is 1. The number of nitrogens with zero attached hydrogens (tertiary/aromatic N) is 2. The zero-order valence-corrected chi connectivity index (χ0v) is 8.91. The molecule has 0 aromatic carbocycles. The van der Waals surface area contributed by atoms with Crippen LogP contribution >= 0.6 is 0 Å². The molecule has 94 valence electrons. The smallest absolute Gasteiger partial charge is 0.351 e. The molecular weight excluding hydrogens is 231 g/mol. The first-order valence-electron chi connectivity index (χ1n) is 5.09. The normalized spacial score (nSPS) is 28.5. The molecule has 1 saturated heterocycles. The van der Waals surface area contributed by atoms with Crippen molar-refractivity contribution < 1.29 is 14.2 Å². The van der Waals surface area contributed by atoms with E-state index in [1.165, 1.54) is 0 Å². The van der Waals surface area contributed by atoms with Crippen molar-refractivity contribution in [3.05, 3.63) is 22.5 Å². The molecule has 3 atom stereocenters. The quantitative estimate of drug-likeness (QED) is 0.587. The lowest BCUT2D eigenvalue weighted by molar-refractivity contribution is -0.0274. The Bertz CT molecular complexity index is 478. The maximum absolute atomic E-state index is 13.2. The van der Waals surface area contributed by atoms with Crippen molar-refractivity contribution >= 4 is 5.82 Å². The molecular formula is C9H13FN4O3. The van der Waals surface area contributed by atoms with Gasteiger partial charge in [0.05, 0.1) is 18.9 Å². The lowest BCUT2D eigenvalue weighted by Crippen LogP contribution is -2.32. The third-order valence-electron chi connectivity index (χ3n) is 2.71. The van der Waals surface area contributed by atoms with Gasteiger partial charge in [-0.1, -0.05) is 0 Å². The minimum absolute atomic E-state index is 0.253. The number of ether oxygens (including phenoxy) is 1. The summed E-state index contributed by atoms with van der Waals surface area (Å²) >= 11 is 0. The highest BCUT2D eigenvalue weighted by Gasteiger charge is 2.34. The highest BCUT2D eigenvalue weighted by Crippen LogP contribution is 2.26. The molecule has 5 N–H and O–H groups in total. The lowest BCUT2D eigenvalue weighted by atomic mass is 10.1. The molecule has 0 aliphatic carbocycles. The van der Waals surface area contributed by atoms with E-state index >= 15 is 0 Å². The number of halogens is 1. The number of nitrogen functional groups attached to an aromatic ring is 1. The zero-order valence-electron chi connectivity index (χ0n) is 8.91. The van der Waals surface area contributed by atoms with Gasteiger partial charge in [-0.25, -0.2) is 9.18 Å². The van der Waals surface area contributed by atoms with E-state index < -0.39 is 35.7 Å². The van der Waals surface area contributed by atoms with E-state index in [1.54, 1.807) is 0 Å². The number of nitrogens with two attached hydrogens (primary N) is 2. The summed E-state index contributed by atoms with van der Waals surface area (Å²) in [6, 6.07) is -0.405. The summed E-state index contributed by atoms with van der Waals surface area (Å²) in [6.07, 6.45) is -0.0531. The second kappa shape index (κ2) is 4.40. The Hall–Kier alpha value is -1.51. The van der Waals surface area contributed by atoms with Crippen molar-refractivity contribution in [3.63, 3.8) is 0 Å². The van der Waals surface area contributed by atoms with Crippen LogP contribution in [0.4, 0.5) is 10.2 Å². The molecule has 1 aliphatic rings. The topological polar surface area (TPSA) is 116 Å². The third kappa shape index (κ3) is 2.14. The van der Waals surface area contributed by atoms with Gasteiger partial charge in [-0.2, -0.15) is 4.98 Å². The summed E-state index contributed by atoms with van der Waals surface area (Å²) in [5.41, 5.74) is 10.2. The summed E-state index contributed by atoms with van der Waals surface area (Å²) in [4.78, 5) is 14.8. The van der Waals surface area contributed by atoms with Gasteiger partial charge in [0.25, 0.3) is 0 Å².